The Bertz CT molecular complexity index is 683. The van der Waals surface area contributed by atoms with Crippen LogP contribution in [0.15, 0.2) is 23.1 Å². The lowest BCUT2D eigenvalue weighted by Gasteiger charge is -2.17. The normalized spacial score (nSPS) is 13.8. The summed E-state index contributed by atoms with van der Waals surface area (Å²) in [4.78, 5) is -0.0765. The van der Waals surface area contributed by atoms with Crippen LogP contribution in [0.5, 0.6) is 5.75 Å². The van der Waals surface area contributed by atoms with Crippen LogP contribution in [0.1, 0.15) is 6.92 Å². The summed E-state index contributed by atoms with van der Waals surface area (Å²) in [5.74, 6) is 0.313. The molecule has 1 aromatic rings. The van der Waals surface area contributed by atoms with Crippen molar-refractivity contribution in [3.05, 3.63) is 18.2 Å². The van der Waals surface area contributed by atoms with Crippen LogP contribution in [-0.2, 0) is 19.9 Å². The van der Waals surface area contributed by atoms with Gasteiger partial charge in [0.25, 0.3) is 0 Å². The van der Waals surface area contributed by atoms with Gasteiger partial charge in [-0.3, -0.25) is 0 Å². The van der Waals surface area contributed by atoms with E-state index < -0.39 is 25.9 Å². The molecule has 0 heterocycles. The Kier molecular flexibility index (Phi) is 5.00. The summed E-state index contributed by atoms with van der Waals surface area (Å²) < 4.78 is 50.2. The molecular weight excluding hydrogens is 304 g/mol. The summed E-state index contributed by atoms with van der Waals surface area (Å²) in [6.45, 7) is 1.67. The third-order valence-corrected chi connectivity index (χ3v) is 4.47. The Morgan fingerprint density at radius 2 is 1.90 bits per heavy atom. The molecule has 0 amide bonds. The molecule has 3 N–H and O–H groups in total. The zero-order valence-corrected chi connectivity index (χ0v) is 13.1. The molecule has 0 aliphatic heterocycles. The number of sulfonamides is 1. The molecular formula is C11H18N2O5S2. The molecule has 1 rings (SSSR count). The van der Waals surface area contributed by atoms with E-state index >= 15 is 0 Å². The zero-order chi connectivity index (χ0) is 15.6. The summed E-state index contributed by atoms with van der Waals surface area (Å²) in [5.41, 5.74) is 0.371. The van der Waals surface area contributed by atoms with Crippen molar-refractivity contribution < 1.29 is 21.6 Å². The lowest BCUT2D eigenvalue weighted by molar-refractivity contribution is 0.415. The van der Waals surface area contributed by atoms with Crippen LogP contribution in [0.2, 0.25) is 0 Å². The van der Waals surface area contributed by atoms with Crippen LogP contribution < -0.4 is 15.2 Å². The van der Waals surface area contributed by atoms with Gasteiger partial charge in [-0.15, -0.1) is 0 Å². The highest BCUT2D eigenvalue weighted by atomic mass is 32.2. The van der Waals surface area contributed by atoms with E-state index in [4.69, 9.17) is 9.88 Å². The first-order chi connectivity index (χ1) is 9.03. The molecule has 0 radical (unpaired) electrons. The maximum atomic E-state index is 11.3. The van der Waals surface area contributed by atoms with Crippen molar-refractivity contribution in [3.63, 3.8) is 0 Å². The van der Waals surface area contributed by atoms with Crippen molar-refractivity contribution in [3.8, 4) is 5.75 Å². The van der Waals surface area contributed by atoms with Crippen molar-refractivity contribution in [2.24, 2.45) is 5.14 Å². The third-order valence-electron chi connectivity index (χ3n) is 2.45. The zero-order valence-electron chi connectivity index (χ0n) is 11.5. The van der Waals surface area contributed by atoms with E-state index in [0.717, 1.165) is 6.26 Å². The topological polar surface area (TPSA) is 116 Å². The summed E-state index contributed by atoms with van der Waals surface area (Å²) in [7, 11) is -5.55. The number of methoxy groups -OCH3 is 1. The Morgan fingerprint density at radius 3 is 2.35 bits per heavy atom. The van der Waals surface area contributed by atoms with Gasteiger partial charge >= 0.3 is 0 Å². The van der Waals surface area contributed by atoms with Gasteiger partial charge in [0.2, 0.25) is 10.0 Å². The number of hydrogen-bond acceptors (Lipinski definition) is 6. The third kappa shape index (κ3) is 4.99. The smallest absolute Gasteiger partial charge is 0.238 e. The van der Waals surface area contributed by atoms with Crippen molar-refractivity contribution in [2.75, 3.05) is 24.4 Å². The van der Waals surface area contributed by atoms with Crippen molar-refractivity contribution in [2.45, 2.75) is 17.9 Å². The molecule has 1 aromatic carbocycles. The quantitative estimate of drug-likeness (QED) is 0.772. The SMILES string of the molecule is COc1ccc(S(N)(=O)=O)cc1NC(C)CS(C)(=O)=O. The molecule has 0 saturated heterocycles. The second kappa shape index (κ2) is 5.98. The van der Waals surface area contributed by atoms with E-state index in [0.29, 0.717) is 11.4 Å². The molecule has 20 heavy (non-hydrogen) atoms. The highest BCUT2D eigenvalue weighted by Crippen LogP contribution is 2.27. The van der Waals surface area contributed by atoms with Gasteiger partial charge in [-0.2, -0.15) is 0 Å². The second-order valence-electron chi connectivity index (χ2n) is 4.54. The van der Waals surface area contributed by atoms with Gasteiger partial charge in [-0.05, 0) is 25.1 Å². The molecule has 1 unspecified atom stereocenters. The van der Waals surface area contributed by atoms with Crippen LogP contribution >= 0.6 is 0 Å². The molecule has 114 valence electrons. The number of primary sulfonamides is 1. The van der Waals surface area contributed by atoms with Crippen molar-refractivity contribution >= 4 is 25.5 Å². The van der Waals surface area contributed by atoms with Gasteiger partial charge in [0.15, 0.2) is 0 Å². The second-order valence-corrected chi connectivity index (χ2v) is 8.29. The molecule has 7 nitrogen and oxygen atoms in total. The highest BCUT2D eigenvalue weighted by Gasteiger charge is 2.15. The van der Waals surface area contributed by atoms with Gasteiger partial charge in [-0.1, -0.05) is 0 Å². The predicted octanol–water partition coefficient (Wildman–Crippen LogP) is 0.188. The highest BCUT2D eigenvalue weighted by molar-refractivity contribution is 7.90. The molecule has 0 saturated carbocycles. The predicted molar refractivity (Wildman–Crippen MR) is 77.2 cm³/mol. The van der Waals surface area contributed by atoms with Gasteiger partial charge < -0.3 is 10.1 Å². The Morgan fingerprint density at radius 1 is 1.30 bits per heavy atom. The van der Waals surface area contributed by atoms with Crippen LogP contribution in [0.25, 0.3) is 0 Å². The van der Waals surface area contributed by atoms with E-state index in [1.54, 1.807) is 6.92 Å². The molecule has 0 fully saturated rings. The van der Waals surface area contributed by atoms with E-state index in [2.05, 4.69) is 5.32 Å². The summed E-state index contributed by atoms with van der Waals surface area (Å²) >= 11 is 0. The van der Waals surface area contributed by atoms with E-state index in [-0.39, 0.29) is 10.6 Å². The number of benzene rings is 1. The lowest BCUT2D eigenvalue weighted by Crippen LogP contribution is -2.25. The fourth-order valence-electron chi connectivity index (χ4n) is 1.74. The first-order valence-electron chi connectivity index (χ1n) is 5.68. The minimum absolute atomic E-state index is 0.0765. The van der Waals surface area contributed by atoms with Crippen LogP contribution in [0, 0.1) is 0 Å². The van der Waals surface area contributed by atoms with Gasteiger partial charge in [0.1, 0.15) is 15.6 Å². The molecule has 0 bridgehead atoms. The summed E-state index contributed by atoms with van der Waals surface area (Å²) in [6, 6.07) is 3.68. The first-order valence-corrected chi connectivity index (χ1v) is 9.28. The minimum Gasteiger partial charge on any atom is -0.495 e. The van der Waals surface area contributed by atoms with Gasteiger partial charge in [-0.25, -0.2) is 22.0 Å². The van der Waals surface area contributed by atoms with E-state index in [1.807, 2.05) is 0 Å². The number of hydrogen-bond donors (Lipinski definition) is 2. The van der Waals surface area contributed by atoms with Crippen LogP contribution in [-0.4, -0.2) is 42.0 Å². The number of sulfone groups is 1. The van der Waals surface area contributed by atoms with E-state index in [9.17, 15) is 16.8 Å². The van der Waals surface area contributed by atoms with Gasteiger partial charge in [0.05, 0.1) is 23.4 Å². The fourth-order valence-corrected chi connectivity index (χ4v) is 3.27. The van der Waals surface area contributed by atoms with E-state index in [1.165, 1.54) is 25.3 Å². The van der Waals surface area contributed by atoms with Gasteiger partial charge in [0, 0.05) is 12.3 Å². The Labute approximate surface area is 119 Å². The Balaban J connectivity index is 3.09. The fraction of sp³-hybridized carbons (Fsp3) is 0.455. The number of nitrogens with two attached hydrogens (primary N) is 1. The molecule has 0 aromatic heterocycles. The largest absolute Gasteiger partial charge is 0.495 e. The van der Waals surface area contributed by atoms with Crippen LogP contribution in [0.3, 0.4) is 0 Å². The first kappa shape index (κ1) is 16.7. The lowest BCUT2D eigenvalue weighted by atomic mass is 10.2. The average Bonchev–Trinajstić information content (AvgIpc) is 2.24. The standard InChI is InChI=1S/C11H18N2O5S2/c1-8(7-19(3,14)15)13-10-6-9(20(12,16)17)4-5-11(10)18-2/h4-6,8,13H,7H2,1-3H3,(H2,12,16,17). The Hall–Kier alpha value is -1.32. The monoisotopic (exact) mass is 322 g/mol. The minimum atomic E-state index is -3.84. The molecule has 9 heteroatoms. The molecule has 0 aliphatic rings. The molecule has 1 atom stereocenters. The summed E-state index contributed by atoms with van der Waals surface area (Å²) in [5, 5.41) is 7.96. The number of anilines is 1. The molecule has 0 aliphatic carbocycles. The number of nitrogens with one attached hydrogen (secondary N) is 1. The summed E-state index contributed by atoms with van der Waals surface area (Å²) in [6.07, 6.45) is 1.13. The number of ether oxygens (including phenoxy) is 1. The van der Waals surface area contributed by atoms with Crippen molar-refractivity contribution in [1.82, 2.24) is 0 Å². The maximum Gasteiger partial charge on any atom is 0.238 e. The molecule has 0 spiro atoms. The van der Waals surface area contributed by atoms with Crippen LogP contribution in [0.4, 0.5) is 5.69 Å². The van der Waals surface area contributed by atoms with Crippen molar-refractivity contribution in [1.29, 1.82) is 0 Å². The maximum absolute atomic E-state index is 11.3. The average molecular weight is 322 g/mol. The number of rotatable bonds is 6.